The van der Waals surface area contributed by atoms with E-state index in [1.54, 1.807) is 0 Å². The minimum absolute atomic E-state index is 0.0511. The molecule has 3 aromatic rings. The Balaban J connectivity index is 1.50. The Bertz CT molecular complexity index is 1050. The molecule has 144 valence electrons. The van der Waals surface area contributed by atoms with Crippen molar-refractivity contribution in [1.29, 1.82) is 0 Å². The van der Waals surface area contributed by atoms with Crippen LogP contribution >= 0.6 is 0 Å². The van der Waals surface area contributed by atoms with Crippen LogP contribution in [0.5, 0.6) is 0 Å². The molecule has 0 radical (unpaired) electrons. The van der Waals surface area contributed by atoms with Crippen LogP contribution < -0.4 is 0 Å². The summed E-state index contributed by atoms with van der Waals surface area (Å²) in [5.74, 6) is 1.12. The highest BCUT2D eigenvalue weighted by atomic mass is 32.2. The van der Waals surface area contributed by atoms with E-state index in [9.17, 15) is 8.42 Å². The minimum Gasteiger partial charge on any atom is -0.439 e. The van der Waals surface area contributed by atoms with Gasteiger partial charge in [-0.2, -0.15) is 5.10 Å². The fourth-order valence-electron chi connectivity index (χ4n) is 3.79. The lowest BCUT2D eigenvalue weighted by molar-refractivity contribution is 0.284. The van der Waals surface area contributed by atoms with E-state index in [0.29, 0.717) is 25.4 Å². The van der Waals surface area contributed by atoms with E-state index in [0.717, 1.165) is 28.1 Å². The maximum Gasteiger partial charge on any atom is 0.209 e. The standard InChI is InChI=1S/C19H24N4O3S/c1-13-16(14(2)23(21-13)15-8-9-27(24,25)12-15)10-22(3)11-19-20-17-6-4-5-7-18(17)26-19/h4-7,15H,8-12H2,1-3H3. The van der Waals surface area contributed by atoms with E-state index < -0.39 is 9.84 Å². The van der Waals surface area contributed by atoms with Crippen LogP contribution in [0.4, 0.5) is 0 Å². The van der Waals surface area contributed by atoms with Crippen molar-refractivity contribution in [3.63, 3.8) is 0 Å². The number of rotatable bonds is 5. The van der Waals surface area contributed by atoms with Crippen LogP contribution in [0, 0.1) is 13.8 Å². The highest BCUT2D eigenvalue weighted by molar-refractivity contribution is 7.91. The first-order valence-electron chi connectivity index (χ1n) is 9.10. The smallest absolute Gasteiger partial charge is 0.209 e. The third-order valence-corrected chi connectivity index (χ3v) is 6.95. The molecule has 27 heavy (non-hydrogen) atoms. The summed E-state index contributed by atoms with van der Waals surface area (Å²) >= 11 is 0. The van der Waals surface area contributed by atoms with E-state index in [2.05, 4.69) is 15.0 Å². The quantitative estimate of drug-likeness (QED) is 0.668. The summed E-state index contributed by atoms with van der Waals surface area (Å²) in [5.41, 5.74) is 4.78. The van der Waals surface area contributed by atoms with Gasteiger partial charge in [0.25, 0.3) is 0 Å². The summed E-state index contributed by atoms with van der Waals surface area (Å²) in [6, 6.07) is 7.69. The van der Waals surface area contributed by atoms with Crippen LogP contribution in [-0.2, 0) is 22.9 Å². The lowest BCUT2D eigenvalue weighted by Crippen LogP contribution is -2.19. The van der Waals surface area contributed by atoms with Gasteiger partial charge in [0.05, 0.1) is 29.8 Å². The van der Waals surface area contributed by atoms with Gasteiger partial charge >= 0.3 is 0 Å². The van der Waals surface area contributed by atoms with Crippen molar-refractivity contribution in [2.24, 2.45) is 0 Å². The van der Waals surface area contributed by atoms with Crippen LogP contribution in [0.25, 0.3) is 11.1 Å². The van der Waals surface area contributed by atoms with Gasteiger partial charge in [-0.05, 0) is 39.4 Å². The number of benzene rings is 1. The second-order valence-corrected chi connectivity index (χ2v) is 9.63. The van der Waals surface area contributed by atoms with Crippen LogP contribution in [0.3, 0.4) is 0 Å². The van der Waals surface area contributed by atoms with Crippen LogP contribution in [0.2, 0.25) is 0 Å². The minimum atomic E-state index is -2.93. The third kappa shape index (κ3) is 3.64. The maximum atomic E-state index is 11.8. The number of hydrogen-bond acceptors (Lipinski definition) is 6. The first-order valence-corrected chi connectivity index (χ1v) is 10.9. The molecule has 1 atom stereocenters. The molecule has 0 amide bonds. The predicted molar refractivity (Wildman–Crippen MR) is 103 cm³/mol. The molecule has 4 rings (SSSR count). The van der Waals surface area contributed by atoms with Crippen molar-refractivity contribution >= 4 is 20.9 Å². The Morgan fingerprint density at radius 2 is 2.04 bits per heavy atom. The van der Waals surface area contributed by atoms with Crippen molar-refractivity contribution in [2.45, 2.75) is 39.4 Å². The van der Waals surface area contributed by atoms with Gasteiger partial charge in [-0.25, -0.2) is 13.4 Å². The van der Waals surface area contributed by atoms with Gasteiger partial charge in [0, 0.05) is 17.8 Å². The van der Waals surface area contributed by atoms with E-state index in [-0.39, 0.29) is 17.5 Å². The largest absolute Gasteiger partial charge is 0.439 e. The first kappa shape index (κ1) is 18.2. The first-order chi connectivity index (χ1) is 12.8. The number of oxazole rings is 1. The molecule has 1 fully saturated rings. The summed E-state index contributed by atoms with van der Waals surface area (Å²) in [7, 11) is -0.913. The van der Waals surface area contributed by atoms with Crippen molar-refractivity contribution < 1.29 is 12.8 Å². The average Bonchev–Trinajstić information content (AvgIpc) is 3.25. The lowest BCUT2D eigenvalue weighted by Gasteiger charge is -2.16. The van der Waals surface area contributed by atoms with Crippen molar-refractivity contribution in [3.05, 3.63) is 47.1 Å². The Kier molecular flexibility index (Phi) is 4.55. The highest BCUT2D eigenvalue weighted by Crippen LogP contribution is 2.27. The van der Waals surface area contributed by atoms with Crippen molar-refractivity contribution in [3.8, 4) is 0 Å². The van der Waals surface area contributed by atoms with Gasteiger partial charge in [0.1, 0.15) is 5.52 Å². The number of hydrogen-bond donors (Lipinski definition) is 0. The molecule has 7 nitrogen and oxygen atoms in total. The fourth-order valence-corrected chi connectivity index (χ4v) is 5.49. The zero-order chi connectivity index (χ0) is 19.2. The zero-order valence-electron chi connectivity index (χ0n) is 15.8. The van der Waals surface area contributed by atoms with Gasteiger partial charge in [-0.1, -0.05) is 12.1 Å². The SMILES string of the molecule is Cc1nn(C2CCS(=O)(=O)C2)c(C)c1CN(C)Cc1nc2ccccc2o1. The van der Waals surface area contributed by atoms with E-state index in [1.807, 2.05) is 49.8 Å². The number of fused-ring (bicyclic) bond motifs is 1. The van der Waals surface area contributed by atoms with Crippen LogP contribution in [0.15, 0.2) is 28.7 Å². The number of aromatic nitrogens is 3. The highest BCUT2D eigenvalue weighted by Gasteiger charge is 2.31. The molecule has 3 heterocycles. The Hall–Kier alpha value is -2.19. The topological polar surface area (TPSA) is 81.2 Å². The lowest BCUT2D eigenvalue weighted by atomic mass is 10.1. The molecule has 1 aliphatic heterocycles. The molecule has 1 saturated heterocycles. The average molecular weight is 388 g/mol. The van der Waals surface area contributed by atoms with Gasteiger partial charge < -0.3 is 4.42 Å². The van der Waals surface area contributed by atoms with Gasteiger partial charge in [0.15, 0.2) is 15.4 Å². The Morgan fingerprint density at radius 1 is 1.26 bits per heavy atom. The monoisotopic (exact) mass is 388 g/mol. The van der Waals surface area contributed by atoms with E-state index in [4.69, 9.17) is 4.42 Å². The number of aryl methyl sites for hydroxylation is 1. The maximum absolute atomic E-state index is 11.8. The predicted octanol–water partition coefficient (Wildman–Crippen LogP) is 2.63. The van der Waals surface area contributed by atoms with Crippen LogP contribution in [-0.4, -0.2) is 46.6 Å². The van der Waals surface area contributed by atoms with E-state index in [1.165, 1.54) is 0 Å². The Labute approximate surface area is 158 Å². The molecule has 1 aliphatic rings. The molecule has 0 bridgehead atoms. The third-order valence-electron chi connectivity index (χ3n) is 5.20. The van der Waals surface area contributed by atoms with E-state index >= 15 is 0 Å². The fraction of sp³-hybridized carbons (Fsp3) is 0.474. The molecule has 0 aliphatic carbocycles. The molecule has 0 N–H and O–H groups in total. The van der Waals surface area contributed by atoms with Crippen molar-refractivity contribution in [1.82, 2.24) is 19.7 Å². The number of nitrogens with zero attached hydrogens (tertiary/aromatic N) is 4. The van der Waals surface area contributed by atoms with Crippen molar-refractivity contribution in [2.75, 3.05) is 18.6 Å². The van der Waals surface area contributed by atoms with Gasteiger partial charge in [-0.3, -0.25) is 9.58 Å². The molecule has 8 heteroatoms. The molecular formula is C19H24N4O3S. The second kappa shape index (κ2) is 6.76. The summed E-state index contributed by atoms with van der Waals surface area (Å²) < 4.78 is 31.3. The summed E-state index contributed by atoms with van der Waals surface area (Å²) in [4.78, 5) is 6.66. The summed E-state index contributed by atoms with van der Waals surface area (Å²) in [6.07, 6.45) is 0.641. The number of sulfone groups is 1. The normalized spacial score (nSPS) is 19.3. The van der Waals surface area contributed by atoms with Gasteiger partial charge in [0.2, 0.25) is 5.89 Å². The zero-order valence-corrected chi connectivity index (χ0v) is 16.7. The molecule has 1 unspecified atom stereocenters. The molecule has 0 spiro atoms. The molecular weight excluding hydrogens is 364 g/mol. The Morgan fingerprint density at radius 3 is 2.74 bits per heavy atom. The molecule has 1 aromatic carbocycles. The van der Waals surface area contributed by atoms with Gasteiger partial charge in [-0.15, -0.1) is 0 Å². The molecule has 2 aromatic heterocycles. The van der Waals surface area contributed by atoms with Crippen LogP contribution in [0.1, 0.15) is 35.3 Å². The molecule has 0 saturated carbocycles. The summed E-state index contributed by atoms with van der Waals surface area (Å²) in [6.45, 7) is 5.30. The summed E-state index contributed by atoms with van der Waals surface area (Å²) in [5, 5.41) is 4.64. The second-order valence-electron chi connectivity index (χ2n) is 7.40. The number of para-hydroxylation sites is 2.